The zero-order valence-electron chi connectivity index (χ0n) is 12.5. The van der Waals surface area contributed by atoms with Gasteiger partial charge in [-0.3, -0.25) is 4.79 Å². The van der Waals surface area contributed by atoms with E-state index in [0.29, 0.717) is 24.4 Å². The van der Waals surface area contributed by atoms with E-state index in [0.717, 1.165) is 32.4 Å². The van der Waals surface area contributed by atoms with Crippen LogP contribution in [0.2, 0.25) is 0 Å². The molecule has 3 unspecified atom stereocenters. The van der Waals surface area contributed by atoms with Gasteiger partial charge in [-0.15, -0.1) is 0 Å². The van der Waals surface area contributed by atoms with Crippen LogP contribution < -0.4 is 5.73 Å². The average molecular weight is 267 g/mol. The van der Waals surface area contributed by atoms with Gasteiger partial charge < -0.3 is 15.5 Å². The lowest BCUT2D eigenvalue weighted by Crippen LogP contribution is -2.51. The van der Waals surface area contributed by atoms with Crippen LogP contribution in [0.1, 0.15) is 38.5 Å². The quantitative estimate of drug-likeness (QED) is 0.838. The van der Waals surface area contributed by atoms with E-state index in [1.54, 1.807) is 0 Å². The van der Waals surface area contributed by atoms with Crippen molar-refractivity contribution in [3.05, 3.63) is 0 Å². The molecule has 2 aliphatic rings. The van der Waals surface area contributed by atoms with E-state index in [9.17, 15) is 4.79 Å². The summed E-state index contributed by atoms with van der Waals surface area (Å²) in [7, 11) is 4.23. The van der Waals surface area contributed by atoms with Crippen LogP contribution in [0.15, 0.2) is 0 Å². The van der Waals surface area contributed by atoms with Crippen LogP contribution >= 0.6 is 0 Å². The van der Waals surface area contributed by atoms with E-state index >= 15 is 0 Å². The number of hydrogen-bond donors (Lipinski definition) is 1. The number of piperidine rings is 1. The number of hydrogen-bond acceptors (Lipinski definition) is 3. The first kappa shape index (κ1) is 14.8. The Labute approximate surface area is 117 Å². The van der Waals surface area contributed by atoms with E-state index in [4.69, 9.17) is 5.73 Å². The molecule has 1 saturated heterocycles. The van der Waals surface area contributed by atoms with Gasteiger partial charge in [0, 0.05) is 25.0 Å². The maximum Gasteiger partial charge on any atom is 0.226 e. The second-order valence-electron chi connectivity index (χ2n) is 6.43. The summed E-state index contributed by atoms with van der Waals surface area (Å²) in [5.41, 5.74) is 5.86. The molecule has 1 amide bonds. The Kier molecular flexibility index (Phi) is 5.22. The number of carbonyl (C=O) groups is 1. The van der Waals surface area contributed by atoms with E-state index in [2.05, 4.69) is 23.9 Å². The van der Waals surface area contributed by atoms with Crippen molar-refractivity contribution in [2.24, 2.45) is 17.6 Å². The summed E-state index contributed by atoms with van der Waals surface area (Å²) >= 11 is 0. The number of carbonyl (C=O) groups excluding carboxylic acids is 1. The van der Waals surface area contributed by atoms with Gasteiger partial charge in [-0.25, -0.2) is 0 Å². The molecule has 0 radical (unpaired) electrons. The Balaban J connectivity index is 1.97. The fourth-order valence-corrected chi connectivity index (χ4v) is 3.63. The van der Waals surface area contributed by atoms with Crippen LogP contribution in [0.25, 0.3) is 0 Å². The first-order chi connectivity index (χ1) is 9.13. The fourth-order valence-electron chi connectivity index (χ4n) is 3.63. The van der Waals surface area contributed by atoms with Crippen molar-refractivity contribution in [2.75, 3.05) is 33.7 Å². The van der Waals surface area contributed by atoms with Crippen LogP contribution in [-0.2, 0) is 4.79 Å². The standard InChI is InChI=1S/C15H29N3O/c1-17(2)13-7-5-9-18(11-13)15(19)14-8-4-3-6-12(14)10-16/h12-14H,3-11,16H2,1-2H3. The third-order valence-corrected chi connectivity index (χ3v) is 4.97. The highest BCUT2D eigenvalue weighted by atomic mass is 16.2. The molecule has 1 heterocycles. The minimum absolute atomic E-state index is 0.194. The van der Waals surface area contributed by atoms with Crippen LogP contribution in [0, 0.1) is 11.8 Å². The van der Waals surface area contributed by atoms with Crippen molar-refractivity contribution in [2.45, 2.75) is 44.6 Å². The predicted molar refractivity (Wildman–Crippen MR) is 77.8 cm³/mol. The minimum atomic E-state index is 0.194. The number of nitrogens with zero attached hydrogens (tertiary/aromatic N) is 2. The van der Waals surface area contributed by atoms with Gasteiger partial charge in [-0.05, 0) is 52.2 Å². The molecule has 2 fully saturated rings. The van der Waals surface area contributed by atoms with Crippen molar-refractivity contribution in [3.8, 4) is 0 Å². The molecule has 1 aliphatic heterocycles. The molecule has 4 heteroatoms. The minimum Gasteiger partial charge on any atom is -0.341 e. The Bertz CT molecular complexity index is 306. The van der Waals surface area contributed by atoms with Crippen molar-refractivity contribution in [1.82, 2.24) is 9.80 Å². The molecular weight excluding hydrogens is 238 g/mol. The molecule has 0 aromatic rings. The molecule has 1 aliphatic carbocycles. The smallest absolute Gasteiger partial charge is 0.226 e. The van der Waals surface area contributed by atoms with Gasteiger partial charge in [-0.2, -0.15) is 0 Å². The van der Waals surface area contributed by atoms with Crippen LogP contribution in [-0.4, -0.2) is 55.5 Å². The molecule has 2 N–H and O–H groups in total. The first-order valence-electron chi connectivity index (χ1n) is 7.78. The topological polar surface area (TPSA) is 49.6 Å². The largest absolute Gasteiger partial charge is 0.341 e. The van der Waals surface area contributed by atoms with Crippen molar-refractivity contribution in [1.29, 1.82) is 0 Å². The number of rotatable bonds is 3. The second kappa shape index (κ2) is 6.71. The third-order valence-electron chi connectivity index (χ3n) is 4.97. The summed E-state index contributed by atoms with van der Waals surface area (Å²) in [5.74, 6) is 0.988. The number of likely N-dealkylation sites (N-methyl/N-ethyl adjacent to an activating group) is 1. The van der Waals surface area contributed by atoms with E-state index in [-0.39, 0.29) is 5.92 Å². The third kappa shape index (κ3) is 3.48. The normalized spacial score (nSPS) is 32.6. The Hall–Kier alpha value is -0.610. The zero-order valence-corrected chi connectivity index (χ0v) is 12.5. The fraction of sp³-hybridized carbons (Fsp3) is 0.933. The first-order valence-corrected chi connectivity index (χ1v) is 7.78. The molecule has 0 aromatic heterocycles. The molecule has 1 saturated carbocycles. The van der Waals surface area contributed by atoms with Crippen LogP contribution in [0.4, 0.5) is 0 Å². The van der Waals surface area contributed by atoms with Crippen molar-refractivity contribution >= 4 is 5.91 Å². The maximum atomic E-state index is 12.7. The lowest BCUT2D eigenvalue weighted by atomic mass is 9.78. The number of nitrogens with two attached hydrogens (primary N) is 1. The Morgan fingerprint density at radius 3 is 2.63 bits per heavy atom. The molecule has 0 bridgehead atoms. The van der Waals surface area contributed by atoms with Gasteiger partial charge in [0.15, 0.2) is 0 Å². The van der Waals surface area contributed by atoms with Gasteiger partial charge in [0.05, 0.1) is 0 Å². The summed E-state index contributed by atoms with van der Waals surface area (Å²) in [4.78, 5) is 17.1. The summed E-state index contributed by atoms with van der Waals surface area (Å²) in [6.45, 7) is 2.51. The van der Waals surface area contributed by atoms with Crippen LogP contribution in [0.3, 0.4) is 0 Å². The molecule has 0 spiro atoms. The maximum absolute atomic E-state index is 12.7. The lowest BCUT2D eigenvalue weighted by Gasteiger charge is -2.40. The van der Waals surface area contributed by atoms with Crippen molar-refractivity contribution < 1.29 is 4.79 Å². The zero-order chi connectivity index (χ0) is 13.8. The highest BCUT2D eigenvalue weighted by Crippen LogP contribution is 2.31. The van der Waals surface area contributed by atoms with Crippen molar-refractivity contribution in [3.63, 3.8) is 0 Å². The highest BCUT2D eigenvalue weighted by Gasteiger charge is 2.34. The van der Waals surface area contributed by atoms with Gasteiger partial charge in [0.2, 0.25) is 5.91 Å². The average Bonchev–Trinajstić information content (AvgIpc) is 2.46. The summed E-state index contributed by atoms with van der Waals surface area (Å²) in [6.07, 6.45) is 6.96. The molecule has 19 heavy (non-hydrogen) atoms. The van der Waals surface area contributed by atoms with E-state index in [1.165, 1.54) is 19.3 Å². The van der Waals surface area contributed by atoms with Gasteiger partial charge in [-0.1, -0.05) is 12.8 Å². The van der Waals surface area contributed by atoms with E-state index < -0.39 is 0 Å². The predicted octanol–water partition coefficient (Wildman–Crippen LogP) is 1.30. The lowest BCUT2D eigenvalue weighted by molar-refractivity contribution is -0.140. The monoisotopic (exact) mass is 267 g/mol. The Morgan fingerprint density at radius 2 is 1.95 bits per heavy atom. The number of likely N-dealkylation sites (tertiary alicyclic amines) is 1. The SMILES string of the molecule is CN(C)C1CCCN(C(=O)C2CCCCC2CN)C1. The van der Waals surface area contributed by atoms with Crippen LogP contribution in [0.5, 0.6) is 0 Å². The second-order valence-corrected chi connectivity index (χ2v) is 6.43. The summed E-state index contributed by atoms with van der Waals surface area (Å²) in [6, 6.07) is 0.526. The molecule has 0 aromatic carbocycles. The molecule has 3 atom stereocenters. The highest BCUT2D eigenvalue weighted by molar-refractivity contribution is 5.79. The molecule has 2 rings (SSSR count). The van der Waals surface area contributed by atoms with Gasteiger partial charge >= 0.3 is 0 Å². The summed E-state index contributed by atoms with van der Waals surface area (Å²) in [5, 5.41) is 0. The van der Waals surface area contributed by atoms with Gasteiger partial charge in [0.25, 0.3) is 0 Å². The molecular formula is C15H29N3O. The number of amides is 1. The Morgan fingerprint density at radius 1 is 1.21 bits per heavy atom. The molecule has 110 valence electrons. The molecule has 4 nitrogen and oxygen atoms in total. The van der Waals surface area contributed by atoms with Gasteiger partial charge in [0.1, 0.15) is 0 Å². The van der Waals surface area contributed by atoms with E-state index in [1.807, 2.05) is 0 Å². The summed E-state index contributed by atoms with van der Waals surface area (Å²) < 4.78 is 0.